The van der Waals surface area contributed by atoms with E-state index in [-0.39, 0.29) is 12.1 Å². The van der Waals surface area contributed by atoms with Crippen molar-refractivity contribution in [1.82, 2.24) is 10.2 Å². The van der Waals surface area contributed by atoms with Gasteiger partial charge in [-0.15, -0.1) is 0 Å². The Kier molecular flexibility index (Phi) is 4.61. The molecule has 1 saturated heterocycles. The third-order valence-corrected chi connectivity index (χ3v) is 3.69. The first-order chi connectivity index (χ1) is 9.59. The Morgan fingerprint density at radius 1 is 1.30 bits per heavy atom. The number of urea groups is 1. The zero-order valence-corrected chi connectivity index (χ0v) is 11.6. The first-order valence-corrected chi connectivity index (χ1v) is 6.94. The molecule has 108 valence electrons. The summed E-state index contributed by atoms with van der Waals surface area (Å²) in [6.45, 7) is 2.40. The lowest BCUT2D eigenvalue weighted by molar-refractivity contribution is -0.143. The first kappa shape index (κ1) is 14.4. The van der Waals surface area contributed by atoms with Crippen molar-refractivity contribution in [1.29, 1.82) is 0 Å². The van der Waals surface area contributed by atoms with E-state index in [1.165, 1.54) is 4.90 Å². The molecule has 2 N–H and O–H groups in total. The number of nitrogens with zero attached hydrogens (tertiary/aromatic N) is 1. The highest BCUT2D eigenvalue weighted by molar-refractivity contribution is 5.83. The molecule has 0 aromatic heterocycles. The monoisotopic (exact) mass is 276 g/mol. The van der Waals surface area contributed by atoms with Gasteiger partial charge in [0.25, 0.3) is 0 Å². The van der Waals surface area contributed by atoms with Crippen LogP contribution in [0.2, 0.25) is 0 Å². The van der Waals surface area contributed by atoms with E-state index < -0.39 is 12.0 Å². The van der Waals surface area contributed by atoms with Crippen molar-refractivity contribution in [3.05, 3.63) is 35.9 Å². The summed E-state index contributed by atoms with van der Waals surface area (Å²) >= 11 is 0. The Hall–Kier alpha value is -2.04. The highest BCUT2D eigenvalue weighted by Crippen LogP contribution is 2.19. The molecule has 1 fully saturated rings. The second kappa shape index (κ2) is 6.41. The average Bonchev–Trinajstić information content (AvgIpc) is 2.48. The lowest BCUT2D eigenvalue weighted by Gasteiger charge is -2.33. The van der Waals surface area contributed by atoms with E-state index in [2.05, 4.69) is 5.32 Å². The second-order valence-corrected chi connectivity index (χ2v) is 5.13. The van der Waals surface area contributed by atoms with Crippen LogP contribution >= 0.6 is 0 Å². The third kappa shape index (κ3) is 3.29. The van der Waals surface area contributed by atoms with Gasteiger partial charge in [-0.1, -0.05) is 30.3 Å². The van der Waals surface area contributed by atoms with Crippen molar-refractivity contribution < 1.29 is 14.7 Å². The van der Waals surface area contributed by atoms with Crippen molar-refractivity contribution in [2.24, 2.45) is 0 Å². The van der Waals surface area contributed by atoms with Crippen LogP contribution in [-0.4, -0.2) is 34.6 Å². The SMILES string of the molecule is C[C@@H](NC(=O)N1CCCC[C@@H]1C(=O)O)c1ccccc1. The summed E-state index contributed by atoms with van der Waals surface area (Å²) in [6.07, 6.45) is 2.24. The fourth-order valence-corrected chi connectivity index (χ4v) is 2.52. The Balaban J connectivity index is 2.01. The minimum Gasteiger partial charge on any atom is -0.480 e. The summed E-state index contributed by atoms with van der Waals surface area (Å²) in [4.78, 5) is 24.9. The Labute approximate surface area is 118 Å². The van der Waals surface area contributed by atoms with Gasteiger partial charge in [0.05, 0.1) is 6.04 Å². The van der Waals surface area contributed by atoms with E-state index in [4.69, 9.17) is 0 Å². The largest absolute Gasteiger partial charge is 0.480 e. The molecule has 0 bridgehead atoms. The molecule has 1 heterocycles. The van der Waals surface area contributed by atoms with Gasteiger partial charge in [-0.2, -0.15) is 0 Å². The summed E-state index contributed by atoms with van der Waals surface area (Å²) in [5, 5.41) is 12.1. The molecule has 0 spiro atoms. The number of likely N-dealkylation sites (tertiary alicyclic amines) is 1. The molecule has 2 rings (SSSR count). The fraction of sp³-hybridized carbons (Fsp3) is 0.467. The lowest BCUT2D eigenvalue weighted by atomic mass is 10.0. The number of piperidine rings is 1. The number of carboxylic acid groups (broad SMARTS) is 1. The topological polar surface area (TPSA) is 69.6 Å². The van der Waals surface area contributed by atoms with Gasteiger partial charge < -0.3 is 15.3 Å². The van der Waals surface area contributed by atoms with Gasteiger partial charge in [0.15, 0.2) is 0 Å². The van der Waals surface area contributed by atoms with Gasteiger partial charge in [0.2, 0.25) is 0 Å². The smallest absolute Gasteiger partial charge is 0.326 e. The number of rotatable bonds is 3. The maximum Gasteiger partial charge on any atom is 0.326 e. The standard InChI is InChI=1S/C15H20N2O3/c1-11(12-7-3-2-4-8-12)16-15(20)17-10-6-5-9-13(17)14(18)19/h2-4,7-8,11,13H,5-6,9-10H2,1H3,(H,16,20)(H,18,19)/t11-,13-/m1/s1. The molecule has 2 amide bonds. The predicted octanol–water partition coefficient (Wildman–Crippen LogP) is 2.40. The van der Waals surface area contributed by atoms with Gasteiger partial charge in [-0.05, 0) is 31.7 Å². The zero-order chi connectivity index (χ0) is 14.5. The molecule has 0 unspecified atom stereocenters. The van der Waals surface area contributed by atoms with Crippen molar-refractivity contribution >= 4 is 12.0 Å². The molecule has 1 aromatic rings. The van der Waals surface area contributed by atoms with Crippen molar-refractivity contribution in [3.63, 3.8) is 0 Å². The normalized spacial score (nSPS) is 20.2. The van der Waals surface area contributed by atoms with E-state index in [0.29, 0.717) is 13.0 Å². The van der Waals surface area contributed by atoms with Crippen LogP contribution in [0.15, 0.2) is 30.3 Å². The highest BCUT2D eigenvalue weighted by Gasteiger charge is 2.32. The molecule has 5 heteroatoms. The zero-order valence-electron chi connectivity index (χ0n) is 11.6. The molecule has 0 aliphatic carbocycles. The molecular weight excluding hydrogens is 256 g/mol. The van der Waals surface area contributed by atoms with Gasteiger partial charge >= 0.3 is 12.0 Å². The number of hydrogen-bond donors (Lipinski definition) is 2. The van der Waals surface area contributed by atoms with E-state index in [1.807, 2.05) is 37.3 Å². The molecule has 0 saturated carbocycles. The van der Waals surface area contributed by atoms with Crippen LogP contribution in [0.1, 0.15) is 37.8 Å². The van der Waals surface area contributed by atoms with Crippen LogP contribution < -0.4 is 5.32 Å². The van der Waals surface area contributed by atoms with Crippen LogP contribution in [0, 0.1) is 0 Å². The minimum atomic E-state index is -0.924. The second-order valence-electron chi connectivity index (χ2n) is 5.13. The van der Waals surface area contributed by atoms with Gasteiger partial charge in [-0.25, -0.2) is 9.59 Å². The van der Waals surface area contributed by atoms with Crippen molar-refractivity contribution in [2.45, 2.75) is 38.3 Å². The lowest BCUT2D eigenvalue weighted by Crippen LogP contribution is -2.52. The van der Waals surface area contributed by atoms with Crippen molar-refractivity contribution in [3.8, 4) is 0 Å². The van der Waals surface area contributed by atoms with Gasteiger partial charge in [0.1, 0.15) is 6.04 Å². The molecule has 20 heavy (non-hydrogen) atoms. The highest BCUT2D eigenvalue weighted by atomic mass is 16.4. The van der Waals surface area contributed by atoms with Gasteiger partial charge in [0, 0.05) is 6.54 Å². The maximum absolute atomic E-state index is 12.2. The molecular formula is C15H20N2O3. The molecule has 2 atom stereocenters. The number of hydrogen-bond acceptors (Lipinski definition) is 2. The summed E-state index contributed by atoms with van der Waals surface area (Å²) in [5.41, 5.74) is 1.00. The molecule has 5 nitrogen and oxygen atoms in total. The van der Waals surface area contributed by atoms with Crippen LogP contribution in [0.4, 0.5) is 4.79 Å². The number of nitrogens with one attached hydrogen (secondary N) is 1. The van der Waals surface area contributed by atoms with E-state index in [1.54, 1.807) is 0 Å². The van der Waals surface area contributed by atoms with Crippen LogP contribution in [-0.2, 0) is 4.79 Å². The van der Waals surface area contributed by atoms with Crippen LogP contribution in [0.5, 0.6) is 0 Å². The predicted molar refractivity (Wildman–Crippen MR) is 75.4 cm³/mol. The van der Waals surface area contributed by atoms with E-state index >= 15 is 0 Å². The molecule has 0 radical (unpaired) electrons. The summed E-state index contributed by atoms with van der Waals surface area (Å²) < 4.78 is 0. The Bertz CT molecular complexity index is 475. The van der Waals surface area contributed by atoms with Crippen molar-refractivity contribution in [2.75, 3.05) is 6.54 Å². The fourth-order valence-electron chi connectivity index (χ4n) is 2.52. The summed E-state index contributed by atoms with van der Waals surface area (Å²) in [6, 6.07) is 8.49. The minimum absolute atomic E-state index is 0.139. The van der Waals surface area contributed by atoms with E-state index in [0.717, 1.165) is 18.4 Å². The molecule has 1 aliphatic heterocycles. The number of carbonyl (C=O) groups excluding carboxylic acids is 1. The first-order valence-electron chi connectivity index (χ1n) is 6.94. The van der Waals surface area contributed by atoms with Crippen LogP contribution in [0.3, 0.4) is 0 Å². The Morgan fingerprint density at radius 3 is 2.65 bits per heavy atom. The quantitative estimate of drug-likeness (QED) is 0.890. The number of carboxylic acids is 1. The van der Waals surface area contributed by atoms with E-state index in [9.17, 15) is 14.7 Å². The van der Waals surface area contributed by atoms with Crippen LogP contribution in [0.25, 0.3) is 0 Å². The van der Waals surface area contributed by atoms with Gasteiger partial charge in [-0.3, -0.25) is 0 Å². The molecule has 1 aromatic carbocycles. The molecule has 1 aliphatic rings. The maximum atomic E-state index is 12.2. The number of carbonyl (C=O) groups is 2. The third-order valence-electron chi connectivity index (χ3n) is 3.69. The number of amides is 2. The Morgan fingerprint density at radius 2 is 2.00 bits per heavy atom. The summed E-state index contributed by atoms with van der Waals surface area (Å²) in [5.74, 6) is -0.924. The number of aliphatic carboxylic acids is 1. The average molecular weight is 276 g/mol. The number of benzene rings is 1. The summed E-state index contributed by atoms with van der Waals surface area (Å²) in [7, 11) is 0.